The van der Waals surface area contributed by atoms with Crippen molar-refractivity contribution in [3.63, 3.8) is 0 Å². The number of thiazole rings is 1. The maximum absolute atomic E-state index is 12.1. The third kappa shape index (κ3) is 4.16. The topological polar surface area (TPSA) is 80.9 Å². The van der Waals surface area contributed by atoms with Crippen LogP contribution in [0.2, 0.25) is 0 Å². The van der Waals surface area contributed by atoms with E-state index in [4.69, 9.17) is 4.52 Å². The summed E-state index contributed by atoms with van der Waals surface area (Å²) in [6, 6.07) is 0. The number of rotatable bonds is 5. The zero-order valence-corrected chi connectivity index (χ0v) is 14.4. The number of aromatic nitrogens is 3. The van der Waals surface area contributed by atoms with Gasteiger partial charge in [0, 0.05) is 23.6 Å². The maximum Gasteiger partial charge on any atom is 0.227 e. The molecule has 0 atom stereocenters. The maximum atomic E-state index is 12.1. The fourth-order valence-electron chi connectivity index (χ4n) is 2.59. The van der Waals surface area contributed by atoms with E-state index in [1.54, 1.807) is 11.3 Å². The van der Waals surface area contributed by atoms with Gasteiger partial charge in [0.1, 0.15) is 0 Å². The molecule has 0 saturated carbocycles. The van der Waals surface area contributed by atoms with Gasteiger partial charge in [0.2, 0.25) is 11.8 Å². The van der Waals surface area contributed by atoms with E-state index < -0.39 is 0 Å². The van der Waals surface area contributed by atoms with Crippen LogP contribution in [0.25, 0.3) is 0 Å². The first-order valence-corrected chi connectivity index (χ1v) is 9.04. The third-order valence-electron chi connectivity index (χ3n) is 3.91. The molecule has 0 bridgehead atoms. The van der Waals surface area contributed by atoms with Crippen LogP contribution in [0.3, 0.4) is 0 Å². The molecule has 0 aliphatic heterocycles. The van der Waals surface area contributed by atoms with Gasteiger partial charge in [-0.3, -0.25) is 4.79 Å². The molecule has 0 saturated heterocycles. The Kier molecular flexibility index (Phi) is 5.05. The van der Waals surface area contributed by atoms with E-state index in [2.05, 4.69) is 20.4 Å². The average Bonchev–Trinajstić information content (AvgIpc) is 3.08. The summed E-state index contributed by atoms with van der Waals surface area (Å²) >= 11 is 1.61. The van der Waals surface area contributed by atoms with E-state index >= 15 is 0 Å². The van der Waals surface area contributed by atoms with Crippen molar-refractivity contribution >= 4 is 22.4 Å². The molecule has 1 aliphatic rings. The first-order chi connectivity index (χ1) is 11.1. The number of amides is 1. The molecule has 6 nitrogen and oxygen atoms in total. The number of nitrogens with zero attached hydrogens (tertiary/aromatic N) is 3. The van der Waals surface area contributed by atoms with Gasteiger partial charge in [0.25, 0.3) is 0 Å². The van der Waals surface area contributed by atoms with Gasteiger partial charge < -0.3 is 9.84 Å². The second kappa shape index (κ2) is 7.21. The van der Waals surface area contributed by atoms with Crippen LogP contribution in [0.1, 0.15) is 67.7 Å². The first kappa shape index (κ1) is 16.1. The standard InChI is InChI=1S/C16H22N4O2S/c1-10(2)15-19-14(22-20-15)9-8-13(21)18-16-17-11-6-4-3-5-7-12(11)23-16/h10H,3-9H2,1-2H3,(H,17,18,21). The minimum Gasteiger partial charge on any atom is -0.339 e. The van der Waals surface area contributed by atoms with Crippen LogP contribution in [0.15, 0.2) is 4.52 Å². The Morgan fingerprint density at radius 3 is 2.87 bits per heavy atom. The van der Waals surface area contributed by atoms with Gasteiger partial charge >= 0.3 is 0 Å². The Hall–Kier alpha value is -1.76. The van der Waals surface area contributed by atoms with Gasteiger partial charge in [-0.15, -0.1) is 11.3 Å². The molecule has 1 aliphatic carbocycles. The summed E-state index contributed by atoms with van der Waals surface area (Å²) in [6.07, 6.45) is 6.58. The van der Waals surface area contributed by atoms with Crippen molar-refractivity contribution in [2.45, 2.75) is 64.7 Å². The van der Waals surface area contributed by atoms with Crippen LogP contribution < -0.4 is 5.32 Å². The number of anilines is 1. The van der Waals surface area contributed by atoms with E-state index in [9.17, 15) is 4.79 Å². The van der Waals surface area contributed by atoms with Crippen LogP contribution >= 0.6 is 11.3 Å². The van der Waals surface area contributed by atoms with Crippen molar-refractivity contribution < 1.29 is 9.32 Å². The average molecular weight is 334 g/mol. The molecule has 2 aromatic rings. The van der Waals surface area contributed by atoms with Crippen LogP contribution in [0, 0.1) is 0 Å². The number of hydrogen-bond acceptors (Lipinski definition) is 6. The highest BCUT2D eigenvalue weighted by Crippen LogP contribution is 2.29. The monoisotopic (exact) mass is 334 g/mol. The first-order valence-electron chi connectivity index (χ1n) is 8.22. The number of carbonyl (C=O) groups is 1. The van der Waals surface area contributed by atoms with E-state index in [-0.39, 0.29) is 11.8 Å². The van der Waals surface area contributed by atoms with Gasteiger partial charge in [-0.25, -0.2) is 4.98 Å². The third-order valence-corrected chi connectivity index (χ3v) is 4.98. The molecule has 1 N–H and O–H groups in total. The molecule has 2 aromatic heterocycles. The Bertz CT molecular complexity index is 654. The van der Waals surface area contributed by atoms with E-state index in [1.807, 2.05) is 13.8 Å². The number of fused-ring (bicyclic) bond motifs is 1. The second-order valence-electron chi connectivity index (χ2n) is 6.20. The highest BCUT2D eigenvalue weighted by atomic mass is 32.1. The quantitative estimate of drug-likeness (QED) is 0.847. The summed E-state index contributed by atoms with van der Waals surface area (Å²) in [4.78, 5) is 22.3. The van der Waals surface area contributed by atoms with Crippen molar-refractivity contribution in [3.05, 3.63) is 22.3 Å². The van der Waals surface area contributed by atoms with Crippen LogP contribution in [0.5, 0.6) is 0 Å². The summed E-state index contributed by atoms with van der Waals surface area (Å²) in [6.45, 7) is 4.02. The Morgan fingerprint density at radius 1 is 1.26 bits per heavy atom. The SMILES string of the molecule is CC(C)c1noc(CCC(=O)Nc2nc3c(s2)CCCCC3)n1. The summed E-state index contributed by atoms with van der Waals surface area (Å²) in [5.74, 6) is 1.37. The molecule has 3 rings (SSSR count). The highest BCUT2D eigenvalue weighted by molar-refractivity contribution is 7.15. The molecule has 1 amide bonds. The normalized spacial score (nSPS) is 14.6. The molecule has 0 unspecified atom stereocenters. The Balaban J connectivity index is 1.53. The van der Waals surface area contributed by atoms with Gasteiger partial charge in [-0.1, -0.05) is 25.4 Å². The predicted octanol–water partition coefficient (Wildman–Crippen LogP) is 3.49. The van der Waals surface area contributed by atoms with Crippen molar-refractivity contribution in [1.82, 2.24) is 15.1 Å². The number of nitrogens with one attached hydrogen (secondary N) is 1. The predicted molar refractivity (Wildman–Crippen MR) is 88.7 cm³/mol. The molecule has 23 heavy (non-hydrogen) atoms. The van der Waals surface area contributed by atoms with Crippen molar-refractivity contribution in [2.75, 3.05) is 5.32 Å². The van der Waals surface area contributed by atoms with Crippen LogP contribution in [-0.4, -0.2) is 21.0 Å². The summed E-state index contributed by atoms with van der Waals surface area (Å²) < 4.78 is 5.15. The van der Waals surface area contributed by atoms with Gasteiger partial charge in [0.05, 0.1) is 5.69 Å². The Labute approximate surface area is 139 Å². The van der Waals surface area contributed by atoms with Crippen molar-refractivity contribution in [3.8, 4) is 0 Å². The molecular weight excluding hydrogens is 312 g/mol. The highest BCUT2D eigenvalue weighted by Gasteiger charge is 2.16. The van der Waals surface area contributed by atoms with Crippen LogP contribution in [0.4, 0.5) is 5.13 Å². The molecule has 124 valence electrons. The van der Waals surface area contributed by atoms with Crippen molar-refractivity contribution in [1.29, 1.82) is 0 Å². The Morgan fingerprint density at radius 2 is 2.09 bits per heavy atom. The fourth-order valence-corrected chi connectivity index (χ4v) is 3.65. The number of carbonyl (C=O) groups excluding carboxylic acids is 1. The largest absolute Gasteiger partial charge is 0.339 e. The minimum absolute atomic E-state index is 0.0572. The minimum atomic E-state index is -0.0572. The smallest absolute Gasteiger partial charge is 0.227 e. The van der Waals surface area contributed by atoms with Gasteiger partial charge in [-0.05, 0) is 25.7 Å². The zero-order valence-electron chi connectivity index (χ0n) is 13.6. The molecule has 7 heteroatoms. The lowest BCUT2D eigenvalue weighted by atomic mass is 10.2. The van der Waals surface area contributed by atoms with E-state index in [0.29, 0.717) is 24.6 Å². The molecule has 0 fully saturated rings. The lowest BCUT2D eigenvalue weighted by molar-refractivity contribution is -0.116. The van der Waals surface area contributed by atoms with E-state index in [0.717, 1.165) is 18.0 Å². The number of aryl methyl sites for hydroxylation is 3. The molecule has 0 radical (unpaired) electrons. The molecular formula is C16H22N4O2S. The van der Waals surface area contributed by atoms with Gasteiger partial charge in [-0.2, -0.15) is 4.98 Å². The molecule has 0 spiro atoms. The second-order valence-corrected chi connectivity index (χ2v) is 7.28. The lowest BCUT2D eigenvalue weighted by Crippen LogP contribution is -2.12. The summed E-state index contributed by atoms with van der Waals surface area (Å²) in [5.41, 5.74) is 1.17. The summed E-state index contributed by atoms with van der Waals surface area (Å²) in [5, 5.41) is 7.52. The molecule has 2 heterocycles. The molecule has 0 aromatic carbocycles. The van der Waals surface area contributed by atoms with E-state index in [1.165, 1.54) is 29.8 Å². The van der Waals surface area contributed by atoms with Crippen molar-refractivity contribution in [2.24, 2.45) is 0 Å². The zero-order chi connectivity index (χ0) is 16.2. The summed E-state index contributed by atoms with van der Waals surface area (Å²) in [7, 11) is 0. The fraction of sp³-hybridized carbons (Fsp3) is 0.625. The lowest BCUT2D eigenvalue weighted by Gasteiger charge is -1.99. The van der Waals surface area contributed by atoms with Crippen LogP contribution in [-0.2, 0) is 24.1 Å². The van der Waals surface area contributed by atoms with Gasteiger partial charge in [0.15, 0.2) is 11.0 Å². The number of hydrogen-bond donors (Lipinski definition) is 1.